The van der Waals surface area contributed by atoms with Crippen LogP contribution in [0.1, 0.15) is 53.8 Å². The smallest absolute Gasteiger partial charge is 0.251 e. The van der Waals surface area contributed by atoms with Crippen LogP contribution in [-0.2, 0) is 13.0 Å². The van der Waals surface area contributed by atoms with Crippen LogP contribution < -0.4 is 5.32 Å². The fraction of sp³-hybridized carbons (Fsp3) is 0.364. The van der Waals surface area contributed by atoms with Crippen molar-refractivity contribution < 1.29 is 4.79 Å². The Morgan fingerprint density at radius 3 is 2.85 bits per heavy atom. The van der Waals surface area contributed by atoms with Gasteiger partial charge in [0.1, 0.15) is 5.82 Å². The molecule has 1 aromatic heterocycles. The maximum absolute atomic E-state index is 12.6. The Balaban J connectivity index is 1.48. The summed E-state index contributed by atoms with van der Waals surface area (Å²) in [4.78, 5) is 17.4. The maximum atomic E-state index is 12.6. The Bertz CT molecular complexity index is 914. The lowest BCUT2D eigenvalue weighted by atomic mass is 10.0. The van der Waals surface area contributed by atoms with Gasteiger partial charge in [0.15, 0.2) is 0 Å². The molecule has 4 heteroatoms. The fourth-order valence-corrected chi connectivity index (χ4v) is 3.74. The molecule has 0 unspecified atom stereocenters. The Labute approximate surface area is 154 Å². The molecule has 0 fully saturated rings. The molecule has 0 radical (unpaired) electrons. The molecule has 1 amide bonds. The van der Waals surface area contributed by atoms with E-state index in [1.165, 1.54) is 24.8 Å². The van der Waals surface area contributed by atoms with E-state index < -0.39 is 0 Å². The summed E-state index contributed by atoms with van der Waals surface area (Å²) in [5, 5.41) is 3.06. The van der Waals surface area contributed by atoms with Crippen molar-refractivity contribution in [2.24, 2.45) is 0 Å². The number of aromatic nitrogens is 2. The van der Waals surface area contributed by atoms with Gasteiger partial charge in [-0.15, -0.1) is 0 Å². The zero-order chi connectivity index (χ0) is 17.9. The summed E-state index contributed by atoms with van der Waals surface area (Å²) >= 11 is 0. The molecule has 1 atom stereocenters. The number of aryl methyl sites for hydroxylation is 2. The first-order chi connectivity index (χ1) is 12.7. The molecule has 0 saturated carbocycles. The van der Waals surface area contributed by atoms with Crippen molar-refractivity contribution in [3.8, 4) is 0 Å². The van der Waals surface area contributed by atoms with Gasteiger partial charge in [0.2, 0.25) is 0 Å². The van der Waals surface area contributed by atoms with E-state index in [0.717, 1.165) is 29.8 Å². The van der Waals surface area contributed by atoms with Crippen LogP contribution in [0.5, 0.6) is 0 Å². The Morgan fingerprint density at radius 1 is 1.15 bits per heavy atom. The molecule has 0 aliphatic carbocycles. The lowest BCUT2D eigenvalue weighted by Gasteiger charge is -2.13. The third-order valence-corrected chi connectivity index (χ3v) is 5.31. The topological polar surface area (TPSA) is 46.9 Å². The first-order valence-corrected chi connectivity index (χ1v) is 9.54. The molecular formula is C22H25N3O. The van der Waals surface area contributed by atoms with E-state index in [2.05, 4.69) is 28.9 Å². The molecule has 2 aromatic carbocycles. The van der Waals surface area contributed by atoms with Gasteiger partial charge in [-0.2, -0.15) is 0 Å². The van der Waals surface area contributed by atoms with Crippen LogP contribution >= 0.6 is 0 Å². The normalized spacial score (nSPS) is 15.3. The summed E-state index contributed by atoms with van der Waals surface area (Å²) in [6, 6.07) is 16.2. The predicted octanol–water partition coefficient (Wildman–Crippen LogP) is 4.30. The van der Waals surface area contributed by atoms with Gasteiger partial charge in [0.25, 0.3) is 5.91 Å². The quantitative estimate of drug-likeness (QED) is 0.765. The zero-order valence-corrected chi connectivity index (χ0v) is 15.2. The molecule has 1 aliphatic heterocycles. The molecule has 0 spiro atoms. The Hall–Kier alpha value is -2.62. The number of nitrogens with one attached hydrogen (secondary N) is 1. The van der Waals surface area contributed by atoms with Crippen LogP contribution in [0.4, 0.5) is 0 Å². The average Bonchev–Trinajstić information content (AvgIpc) is 2.86. The van der Waals surface area contributed by atoms with Gasteiger partial charge in [-0.1, -0.05) is 43.7 Å². The van der Waals surface area contributed by atoms with Gasteiger partial charge in [-0.05, 0) is 42.5 Å². The van der Waals surface area contributed by atoms with Gasteiger partial charge in [0, 0.05) is 25.1 Å². The molecule has 1 aliphatic rings. The lowest BCUT2D eigenvalue weighted by molar-refractivity contribution is 0.0952. The monoisotopic (exact) mass is 347 g/mol. The highest BCUT2D eigenvalue weighted by Gasteiger charge is 2.15. The Kier molecular flexibility index (Phi) is 4.74. The minimum Gasteiger partial charge on any atom is -0.351 e. The van der Waals surface area contributed by atoms with E-state index in [1.807, 2.05) is 36.4 Å². The first-order valence-electron chi connectivity index (χ1n) is 9.54. The highest BCUT2D eigenvalue weighted by atomic mass is 16.1. The largest absolute Gasteiger partial charge is 0.351 e. The number of amides is 1. The van der Waals surface area contributed by atoms with Crippen molar-refractivity contribution in [1.29, 1.82) is 0 Å². The molecule has 4 nitrogen and oxygen atoms in total. The summed E-state index contributed by atoms with van der Waals surface area (Å²) in [5.41, 5.74) is 4.01. The number of nitrogens with zero attached hydrogens (tertiary/aromatic N) is 2. The molecule has 1 N–H and O–H groups in total. The van der Waals surface area contributed by atoms with Crippen molar-refractivity contribution in [1.82, 2.24) is 14.9 Å². The highest BCUT2D eigenvalue weighted by Crippen LogP contribution is 2.23. The molecule has 2 heterocycles. The molecular weight excluding hydrogens is 322 g/mol. The highest BCUT2D eigenvalue weighted by molar-refractivity contribution is 5.97. The summed E-state index contributed by atoms with van der Waals surface area (Å²) in [7, 11) is 0. The van der Waals surface area contributed by atoms with Crippen LogP contribution in [0.25, 0.3) is 11.0 Å². The van der Waals surface area contributed by atoms with Crippen LogP contribution in [-0.4, -0.2) is 22.0 Å². The van der Waals surface area contributed by atoms with Crippen LogP contribution in [0, 0.1) is 0 Å². The van der Waals surface area contributed by atoms with Gasteiger partial charge < -0.3 is 9.88 Å². The van der Waals surface area contributed by atoms with E-state index in [9.17, 15) is 4.79 Å². The van der Waals surface area contributed by atoms with E-state index in [4.69, 9.17) is 4.98 Å². The lowest BCUT2D eigenvalue weighted by Crippen LogP contribution is -2.27. The van der Waals surface area contributed by atoms with Crippen LogP contribution in [0.3, 0.4) is 0 Å². The number of benzene rings is 2. The SMILES string of the molecule is C[C@@H](CNC(=O)c1ccc2c(c1)nc1n2CCCCC1)c1ccccc1. The summed E-state index contributed by atoms with van der Waals surface area (Å²) in [6.07, 6.45) is 4.71. The number of rotatable bonds is 4. The molecule has 0 bridgehead atoms. The molecule has 4 rings (SSSR count). The molecule has 134 valence electrons. The Morgan fingerprint density at radius 2 is 2.00 bits per heavy atom. The van der Waals surface area contributed by atoms with E-state index in [-0.39, 0.29) is 11.8 Å². The minimum atomic E-state index is -0.0297. The summed E-state index contributed by atoms with van der Waals surface area (Å²) in [5.74, 6) is 1.41. The second-order valence-electron chi connectivity index (χ2n) is 7.22. The zero-order valence-electron chi connectivity index (χ0n) is 15.2. The van der Waals surface area contributed by atoms with Gasteiger partial charge in [-0.3, -0.25) is 4.79 Å². The summed E-state index contributed by atoms with van der Waals surface area (Å²) < 4.78 is 2.32. The van der Waals surface area contributed by atoms with Gasteiger partial charge in [0.05, 0.1) is 11.0 Å². The van der Waals surface area contributed by atoms with Crippen molar-refractivity contribution in [2.45, 2.75) is 45.1 Å². The second-order valence-corrected chi connectivity index (χ2v) is 7.22. The van der Waals surface area contributed by atoms with Gasteiger partial charge in [-0.25, -0.2) is 4.98 Å². The number of carbonyl (C=O) groups excluding carboxylic acids is 1. The predicted molar refractivity (Wildman–Crippen MR) is 104 cm³/mol. The minimum absolute atomic E-state index is 0.0297. The van der Waals surface area contributed by atoms with Crippen LogP contribution in [0.15, 0.2) is 48.5 Å². The summed E-state index contributed by atoms with van der Waals surface area (Å²) in [6.45, 7) is 3.79. The number of imidazole rings is 1. The number of hydrogen-bond acceptors (Lipinski definition) is 2. The van der Waals surface area contributed by atoms with Crippen molar-refractivity contribution in [2.75, 3.05) is 6.54 Å². The standard InChI is InChI=1S/C22H25N3O/c1-16(17-8-4-2-5-9-17)15-23-22(26)18-11-12-20-19(14-18)24-21-10-6-3-7-13-25(20)21/h2,4-5,8-9,11-12,14,16H,3,6-7,10,13,15H2,1H3,(H,23,26)/t16-/m0/s1. The average molecular weight is 347 g/mol. The van der Waals surface area contributed by atoms with Gasteiger partial charge >= 0.3 is 0 Å². The third kappa shape index (κ3) is 3.36. The number of fused-ring (bicyclic) bond motifs is 3. The molecule has 0 saturated heterocycles. The van der Waals surface area contributed by atoms with E-state index >= 15 is 0 Å². The second kappa shape index (κ2) is 7.32. The molecule has 26 heavy (non-hydrogen) atoms. The third-order valence-electron chi connectivity index (χ3n) is 5.31. The maximum Gasteiger partial charge on any atom is 0.251 e. The number of carbonyl (C=O) groups is 1. The van der Waals surface area contributed by atoms with E-state index in [0.29, 0.717) is 12.1 Å². The number of hydrogen-bond donors (Lipinski definition) is 1. The van der Waals surface area contributed by atoms with Crippen molar-refractivity contribution >= 4 is 16.9 Å². The fourth-order valence-electron chi connectivity index (χ4n) is 3.74. The molecule has 3 aromatic rings. The first kappa shape index (κ1) is 16.8. The van der Waals surface area contributed by atoms with E-state index in [1.54, 1.807) is 0 Å². The van der Waals surface area contributed by atoms with Crippen molar-refractivity contribution in [3.05, 3.63) is 65.5 Å². The van der Waals surface area contributed by atoms with Crippen LogP contribution in [0.2, 0.25) is 0 Å². The van der Waals surface area contributed by atoms with Crippen molar-refractivity contribution in [3.63, 3.8) is 0 Å².